The fraction of sp³-hybridized carbons (Fsp3) is 0.194. The first kappa shape index (κ1) is 32.9. The smallest absolute Gasteiger partial charge is 0.320 e. The second-order valence-corrected chi connectivity index (χ2v) is 11.5. The minimum absolute atomic E-state index is 0.0589. The summed E-state index contributed by atoms with van der Waals surface area (Å²) in [5, 5.41) is 20.3. The van der Waals surface area contributed by atoms with Crippen LogP contribution in [0.5, 0.6) is 17.2 Å². The van der Waals surface area contributed by atoms with Gasteiger partial charge in [0.25, 0.3) is 5.56 Å². The number of phenols is 1. The maximum atomic E-state index is 13.4. The molecule has 0 atom stereocenters. The van der Waals surface area contributed by atoms with Gasteiger partial charge >= 0.3 is 6.03 Å². The van der Waals surface area contributed by atoms with Crippen LogP contribution in [0.25, 0.3) is 11.3 Å². The van der Waals surface area contributed by atoms with Crippen molar-refractivity contribution in [3.05, 3.63) is 134 Å². The average Bonchev–Trinajstić information content (AvgIpc) is 3.49. The molecule has 2 aromatic heterocycles. The number of nitrogens with zero attached hydrogens (tertiary/aromatic N) is 3. The predicted octanol–water partition coefficient (Wildman–Crippen LogP) is 7.00. The summed E-state index contributed by atoms with van der Waals surface area (Å²) in [6, 6.07) is 23.0. The van der Waals surface area contributed by atoms with E-state index in [-0.39, 0.29) is 29.5 Å². The molecule has 0 aliphatic heterocycles. The zero-order valence-corrected chi connectivity index (χ0v) is 27.4. The van der Waals surface area contributed by atoms with E-state index in [9.17, 15) is 14.7 Å². The monoisotopic (exact) mass is 653 g/mol. The molecule has 0 aliphatic carbocycles. The molecule has 2 amide bonds. The quantitative estimate of drug-likeness (QED) is 0.141. The van der Waals surface area contributed by atoms with E-state index in [1.165, 1.54) is 10.7 Å². The Morgan fingerprint density at radius 1 is 0.979 bits per heavy atom. The first-order valence-electron chi connectivity index (χ1n) is 14.9. The molecular formula is C36H36ClN5O5. The minimum atomic E-state index is -0.454. The van der Waals surface area contributed by atoms with Crippen LogP contribution in [0.15, 0.2) is 90.2 Å². The fourth-order valence-electron chi connectivity index (χ4n) is 5.06. The molecule has 3 aromatic carbocycles. The second kappa shape index (κ2) is 14.3. The van der Waals surface area contributed by atoms with Crippen molar-refractivity contribution in [3.8, 4) is 22.9 Å². The van der Waals surface area contributed by atoms with E-state index < -0.39 is 6.03 Å². The van der Waals surface area contributed by atoms with Crippen molar-refractivity contribution in [2.75, 3.05) is 12.4 Å². The number of allylic oxidation sites excluding steroid dienone is 1. The first-order chi connectivity index (χ1) is 22.5. The molecular weight excluding hydrogens is 618 g/mol. The SMILES string of the molecule is C=C(C)c1cc(NC(=O)NCc2ccccc2COc2cc(C)n(Cc3ccccc3OC)c(=O)c2C)n(-c2ccc(O)c(Cl)c2)n1. The number of aromatic nitrogens is 3. The number of ether oxygens (including phenoxy) is 2. The number of halogens is 1. The summed E-state index contributed by atoms with van der Waals surface area (Å²) >= 11 is 6.12. The largest absolute Gasteiger partial charge is 0.506 e. The number of urea groups is 1. The Balaban J connectivity index is 1.27. The van der Waals surface area contributed by atoms with Gasteiger partial charge in [-0.25, -0.2) is 9.48 Å². The molecule has 0 saturated carbocycles. The number of para-hydroxylation sites is 1. The van der Waals surface area contributed by atoms with Crippen molar-refractivity contribution < 1.29 is 19.4 Å². The van der Waals surface area contributed by atoms with Crippen molar-refractivity contribution >= 4 is 29.0 Å². The number of hydrogen-bond donors (Lipinski definition) is 3. The van der Waals surface area contributed by atoms with Crippen molar-refractivity contribution in [2.24, 2.45) is 0 Å². The molecule has 11 heteroatoms. The van der Waals surface area contributed by atoms with Gasteiger partial charge in [-0.05, 0) is 67.8 Å². The lowest BCUT2D eigenvalue weighted by molar-refractivity contribution is 0.251. The summed E-state index contributed by atoms with van der Waals surface area (Å²) in [5.74, 6) is 1.56. The Morgan fingerprint density at radius 3 is 2.38 bits per heavy atom. The van der Waals surface area contributed by atoms with Gasteiger partial charge < -0.3 is 24.5 Å². The molecule has 0 fully saturated rings. The highest BCUT2D eigenvalue weighted by molar-refractivity contribution is 6.32. The summed E-state index contributed by atoms with van der Waals surface area (Å²) < 4.78 is 14.9. The van der Waals surface area contributed by atoms with E-state index in [0.29, 0.717) is 40.6 Å². The standard InChI is InChI=1S/C36H36ClN5O5/c1-22(2)30-18-34(42(40-30)28-14-15-31(43)29(37)17-28)39-36(45)38-19-25-10-6-7-12-27(25)21-47-33-16-23(3)41(35(44)24(33)4)20-26-11-8-9-13-32(26)46-5/h6-18,43H,1,19-21H2,2-5H3,(H2,38,39,45). The molecule has 0 aliphatic rings. The lowest BCUT2D eigenvalue weighted by Crippen LogP contribution is -2.29. The topological polar surface area (TPSA) is 120 Å². The van der Waals surface area contributed by atoms with Crippen LogP contribution >= 0.6 is 11.6 Å². The van der Waals surface area contributed by atoms with E-state index in [4.69, 9.17) is 21.1 Å². The normalized spacial score (nSPS) is 10.8. The van der Waals surface area contributed by atoms with Gasteiger partial charge in [0, 0.05) is 23.9 Å². The van der Waals surface area contributed by atoms with Crippen LogP contribution in [-0.4, -0.2) is 32.6 Å². The first-order valence-corrected chi connectivity index (χ1v) is 15.3. The Bertz CT molecular complexity index is 2020. The van der Waals surface area contributed by atoms with Crippen LogP contribution in [-0.2, 0) is 19.7 Å². The molecule has 3 N–H and O–H groups in total. The van der Waals surface area contributed by atoms with E-state index in [2.05, 4.69) is 22.3 Å². The predicted molar refractivity (Wildman–Crippen MR) is 184 cm³/mol. The van der Waals surface area contributed by atoms with Gasteiger partial charge in [-0.3, -0.25) is 10.1 Å². The third kappa shape index (κ3) is 7.50. The van der Waals surface area contributed by atoms with E-state index in [0.717, 1.165) is 28.1 Å². The third-order valence-electron chi connectivity index (χ3n) is 7.73. The van der Waals surface area contributed by atoms with Gasteiger partial charge in [0.05, 0.1) is 35.6 Å². The van der Waals surface area contributed by atoms with Crippen molar-refractivity contribution in [2.45, 2.75) is 40.5 Å². The fourth-order valence-corrected chi connectivity index (χ4v) is 5.23. The lowest BCUT2D eigenvalue weighted by Gasteiger charge is -2.17. The van der Waals surface area contributed by atoms with Crippen LogP contribution in [0.2, 0.25) is 5.02 Å². The molecule has 47 heavy (non-hydrogen) atoms. The average molecular weight is 654 g/mol. The summed E-state index contributed by atoms with van der Waals surface area (Å²) in [5.41, 5.74) is 5.59. The van der Waals surface area contributed by atoms with Gasteiger partial charge in [-0.15, -0.1) is 0 Å². The number of aromatic hydroxyl groups is 1. The summed E-state index contributed by atoms with van der Waals surface area (Å²) in [6.07, 6.45) is 0. The number of methoxy groups -OCH3 is 1. The van der Waals surface area contributed by atoms with E-state index >= 15 is 0 Å². The Kier molecular flexibility index (Phi) is 10.0. The van der Waals surface area contributed by atoms with Crippen LogP contribution in [0.3, 0.4) is 0 Å². The van der Waals surface area contributed by atoms with Gasteiger partial charge in [0.15, 0.2) is 0 Å². The maximum Gasteiger partial charge on any atom is 0.320 e. The second-order valence-electron chi connectivity index (χ2n) is 11.1. The lowest BCUT2D eigenvalue weighted by atomic mass is 10.1. The zero-order chi connectivity index (χ0) is 33.7. The van der Waals surface area contributed by atoms with E-state index in [1.54, 1.807) is 36.8 Å². The number of hydrogen-bond acceptors (Lipinski definition) is 6. The molecule has 0 spiro atoms. The third-order valence-corrected chi connectivity index (χ3v) is 8.03. The number of nitrogens with one attached hydrogen (secondary N) is 2. The van der Waals surface area contributed by atoms with Crippen molar-refractivity contribution in [3.63, 3.8) is 0 Å². The molecule has 0 bridgehead atoms. The Hall–Kier alpha value is -5.48. The van der Waals surface area contributed by atoms with Crippen molar-refractivity contribution in [1.82, 2.24) is 19.7 Å². The molecule has 10 nitrogen and oxygen atoms in total. The number of carbonyl (C=O) groups excluding carboxylic acids is 1. The number of anilines is 1. The highest BCUT2D eigenvalue weighted by Crippen LogP contribution is 2.28. The maximum absolute atomic E-state index is 13.4. The van der Waals surface area contributed by atoms with Crippen LogP contribution in [0.1, 0.15) is 40.6 Å². The summed E-state index contributed by atoms with van der Waals surface area (Å²) in [6.45, 7) is 10.2. The zero-order valence-electron chi connectivity index (χ0n) is 26.6. The molecule has 0 unspecified atom stereocenters. The molecule has 242 valence electrons. The Morgan fingerprint density at radius 2 is 1.68 bits per heavy atom. The summed E-state index contributed by atoms with van der Waals surface area (Å²) in [7, 11) is 1.61. The number of amides is 2. The highest BCUT2D eigenvalue weighted by Gasteiger charge is 2.16. The van der Waals surface area contributed by atoms with Crippen molar-refractivity contribution in [1.29, 1.82) is 0 Å². The highest BCUT2D eigenvalue weighted by atomic mass is 35.5. The summed E-state index contributed by atoms with van der Waals surface area (Å²) in [4.78, 5) is 26.4. The molecule has 0 saturated heterocycles. The molecule has 2 heterocycles. The molecule has 0 radical (unpaired) electrons. The van der Waals surface area contributed by atoms with Gasteiger partial charge in [-0.2, -0.15) is 5.10 Å². The number of rotatable bonds is 11. The number of aryl methyl sites for hydroxylation is 1. The van der Waals surface area contributed by atoms with Gasteiger partial charge in [0.1, 0.15) is 29.7 Å². The number of carbonyl (C=O) groups is 1. The number of benzene rings is 3. The van der Waals surface area contributed by atoms with Crippen LogP contribution < -0.4 is 25.7 Å². The Labute approximate surface area is 277 Å². The minimum Gasteiger partial charge on any atom is -0.506 e. The van der Waals surface area contributed by atoms with Gasteiger partial charge in [-0.1, -0.05) is 60.6 Å². The van der Waals surface area contributed by atoms with E-state index in [1.807, 2.05) is 68.4 Å². The number of phenolic OH excluding ortho intramolecular Hbond substituents is 1. The van der Waals surface area contributed by atoms with Gasteiger partial charge in [0.2, 0.25) is 0 Å². The van der Waals surface area contributed by atoms with Crippen LogP contribution in [0, 0.1) is 13.8 Å². The molecule has 5 rings (SSSR count). The number of pyridine rings is 1. The van der Waals surface area contributed by atoms with Crippen LogP contribution in [0.4, 0.5) is 10.6 Å². The molecule has 5 aromatic rings.